The minimum absolute atomic E-state index is 0.357. The van der Waals surface area contributed by atoms with E-state index in [0.717, 1.165) is 11.2 Å². The van der Waals surface area contributed by atoms with Crippen LogP contribution in [0.15, 0.2) is 30.7 Å². The minimum atomic E-state index is -0.486. The molecule has 0 aromatic carbocycles. The molecule has 0 unspecified atom stereocenters. The largest absolute Gasteiger partial charge is 0.444 e. The Morgan fingerprint density at radius 3 is 2.94 bits per heavy atom. The van der Waals surface area contributed by atoms with E-state index < -0.39 is 11.7 Å². The monoisotopic (exact) mass is 247 g/mol. The molecule has 0 saturated carbocycles. The topological polar surface area (TPSA) is 55.6 Å². The fourth-order valence-electron chi connectivity index (χ4n) is 1.61. The van der Waals surface area contributed by atoms with E-state index in [9.17, 15) is 4.79 Å². The molecule has 0 fully saturated rings. The molecule has 0 saturated heterocycles. The van der Waals surface area contributed by atoms with E-state index in [1.54, 1.807) is 6.33 Å². The molecule has 1 N–H and O–H groups in total. The fraction of sp³-hybridized carbons (Fsp3) is 0.385. The van der Waals surface area contributed by atoms with Gasteiger partial charge in [0.15, 0.2) is 0 Å². The molecular weight excluding hydrogens is 230 g/mol. The fourth-order valence-corrected chi connectivity index (χ4v) is 1.61. The van der Waals surface area contributed by atoms with E-state index in [1.807, 2.05) is 49.6 Å². The molecule has 1 amide bonds. The van der Waals surface area contributed by atoms with Crippen molar-refractivity contribution in [1.29, 1.82) is 0 Å². The molecule has 0 aliphatic rings. The number of ether oxygens (including phenoxy) is 1. The molecule has 0 radical (unpaired) electrons. The second-order valence-corrected chi connectivity index (χ2v) is 5.04. The smallest absolute Gasteiger partial charge is 0.407 e. The Kier molecular flexibility index (Phi) is 3.23. The third-order valence-electron chi connectivity index (χ3n) is 2.32. The number of hydrogen-bond donors (Lipinski definition) is 1. The van der Waals surface area contributed by atoms with Crippen LogP contribution < -0.4 is 5.32 Å². The van der Waals surface area contributed by atoms with Crippen LogP contribution in [0.3, 0.4) is 0 Å². The zero-order chi connectivity index (χ0) is 13.2. The van der Waals surface area contributed by atoms with E-state index in [-0.39, 0.29) is 0 Å². The molecule has 2 heterocycles. The van der Waals surface area contributed by atoms with Crippen molar-refractivity contribution in [3.05, 3.63) is 36.4 Å². The maximum Gasteiger partial charge on any atom is 0.407 e. The summed E-state index contributed by atoms with van der Waals surface area (Å²) in [6.07, 6.45) is 3.21. The summed E-state index contributed by atoms with van der Waals surface area (Å²) in [6, 6.07) is 5.83. The minimum Gasteiger partial charge on any atom is -0.444 e. The summed E-state index contributed by atoms with van der Waals surface area (Å²) in [5, 5.41) is 2.70. The van der Waals surface area contributed by atoms with Gasteiger partial charge >= 0.3 is 6.09 Å². The van der Waals surface area contributed by atoms with E-state index in [4.69, 9.17) is 4.74 Å². The van der Waals surface area contributed by atoms with Crippen LogP contribution in [0, 0.1) is 0 Å². The van der Waals surface area contributed by atoms with Gasteiger partial charge < -0.3 is 14.5 Å². The Morgan fingerprint density at radius 1 is 1.44 bits per heavy atom. The summed E-state index contributed by atoms with van der Waals surface area (Å²) < 4.78 is 7.07. The quantitative estimate of drug-likeness (QED) is 0.886. The average molecular weight is 247 g/mol. The highest BCUT2D eigenvalue weighted by Crippen LogP contribution is 2.10. The van der Waals surface area contributed by atoms with Crippen molar-refractivity contribution >= 4 is 11.6 Å². The summed E-state index contributed by atoms with van der Waals surface area (Å²) in [5.74, 6) is 0. The van der Waals surface area contributed by atoms with E-state index in [0.29, 0.717) is 6.54 Å². The van der Waals surface area contributed by atoms with Crippen LogP contribution in [0.1, 0.15) is 26.5 Å². The highest BCUT2D eigenvalue weighted by Gasteiger charge is 2.16. The zero-order valence-electron chi connectivity index (χ0n) is 10.8. The van der Waals surface area contributed by atoms with Crippen LogP contribution in [0.25, 0.3) is 5.52 Å². The number of carbonyl (C=O) groups is 1. The molecule has 0 spiro atoms. The van der Waals surface area contributed by atoms with Crippen molar-refractivity contribution in [2.24, 2.45) is 0 Å². The first-order valence-electron chi connectivity index (χ1n) is 5.83. The number of amides is 1. The lowest BCUT2D eigenvalue weighted by atomic mass is 10.2. The number of nitrogens with zero attached hydrogens (tertiary/aromatic N) is 2. The lowest BCUT2D eigenvalue weighted by molar-refractivity contribution is 0.0523. The lowest BCUT2D eigenvalue weighted by Crippen LogP contribution is -2.32. The first-order valence-corrected chi connectivity index (χ1v) is 5.83. The molecule has 2 aromatic rings. The lowest BCUT2D eigenvalue weighted by Gasteiger charge is -2.19. The number of carbonyl (C=O) groups excluding carboxylic acids is 1. The van der Waals surface area contributed by atoms with Gasteiger partial charge in [0.25, 0.3) is 0 Å². The third-order valence-corrected chi connectivity index (χ3v) is 2.32. The van der Waals surface area contributed by atoms with Crippen LogP contribution in [-0.4, -0.2) is 21.1 Å². The van der Waals surface area contributed by atoms with Gasteiger partial charge in [-0.1, -0.05) is 6.07 Å². The van der Waals surface area contributed by atoms with Gasteiger partial charge in [-0.3, -0.25) is 0 Å². The Labute approximate surface area is 106 Å². The molecule has 2 rings (SSSR count). The third kappa shape index (κ3) is 3.00. The molecule has 0 atom stereocenters. The first-order chi connectivity index (χ1) is 8.46. The molecule has 18 heavy (non-hydrogen) atoms. The average Bonchev–Trinajstić information content (AvgIpc) is 2.67. The van der Waals surface area contributed by atoms with Gasteiger partial charge in [0, 0.05) is 6.20 Å². The standard InChI is InChI=1S/C13H17N3O2/c1-13(2,3)18-12(17)14-8-10-11-6-4-5-7-16(11)9-15-10/h4-7,9H,8H2,1-3H3,(H,14,17). The predicted molar refractivity (Wildman–Crippen MR) is 68.3 cm³/mol. The van der Waals surface area contributed by atoms with Crippen molar-refractivity contribution in [3.63, 3.8) is 0 Å². The van der Waals surface area contributed by atoms with Gasteiger partial charge in [0.2, 0.25) is 0 Å². The summed E-state index contributed by atoms with van der Waals surface area (Å²) in [7, 11) is 0. The van der Waals surface area contributed by atoms with Crippen LogP contribution in [-0.2, 0) is 11.3 Å². The number of aromatic nitrogens is 2. The van der Waals surface area contributed by atoms with Gasteiger partial charge in [0.1, 0.15) is 5.60 Å². The molecule has 5 heteroatoms. The summed E-state index contributed by atoms with van der Waals surface area (Å²) in [5.41, 5.74) is 1.32. The Balaban J connectivity index is 2.00. The summed E-state index contributed by atoms with van der Waals surface area (Å²) >= 11 is 0. The number of hydrogen-bond acceptors (Lipinski definition) is 3. The molecular formula is C13H17N3O2. The van der Waals surface area contributed by atoms with Gasteiger partial charge in [0.05, 0.1) is 24.1 Å². The van der Waals surface area contributed by atoms with Crippen molar-refractivity contribution in [2.45, 2.75) is 32.9 Å². The predicted octanol–water partition coefficient (Wildman–Crippen LogP) is 2.36. The molecule has 5 nitrogen and oxygen atoms in total. The molecule has 96 valence electrons. The number of fused-ring (bicyclic) bond motifs is 1. The van der Waals surface area contributed by atoms with Crippen molar-refractivity contribution < 1.29 is 9.53 Å². The number of pyridine rings is 1. The zero-order valence-corrected chi connectivity index (χ0v) is 10.8. The second kappa shape index (κ2) is 4.68. The molecule has 0 aliphatic heterocycles. The molecule has 0 aliphatic carbocycles. The van der Waals surface area contributed by atoms with E-state index in [1.165, 1.54) is 0 Å². The van der Waals surface area contributed by atoms with Crippen LogP contribution in [0.2, 0.25) is 0 Å². The Hall–Kier alpha value is -2.04. The normalized spacial score (nSPS) is 11.5. The van der Waals surface area contributed by atoms with Crippen molar-refractivity contribution in [3.8, 4) is 0 Å². The molecule has 0 bridgehead atoms. The maximum absolute atomic E-state index is 11.5. The first kappa shape index (κ1) is 12.4. The Morgan fingerprint density at radius 2 is 2.22 bits per heavy atom. The highest BCUT2D eigenvalue weighted by molar-refractivity contribution is 5.68. The van der Waals surface area contributed by atoms with Crippen LogP contribution in [0.5, 0.6) is 0 Å². The highest BCUT2D eigenvalue weighted by atomic mass is 16.6. The van der Waals surface area contributed by atoms with Crippen molar-refractivity contribution in [2.75, 3.05) is 0 Å². The van der Waals surface area contributed by atoms with Gasteiger partial charge in [-0.25, -0.2) is 9.78 Å². The number of imidazole rings is 1. The Bertz CT molecular complexity index is 555. The number of rotatable bonds is 2. The van der Waals surface area contributed by atoms with Gasteiger partial charge in [-0.05, 0) is 32.9 Å². The van der Waals surface area contributed by atoms with Gasteiger partial charge in [-0.2, -0.15) is 0 Å². The molecule has 2 aromatic heterocycles. The van der Waals surface area contributed by atoms with Crippen LogP contribution >= 0.6 is 0 Å². The maximum atomic E-state index is 11.5. The SMILES string of the molecule is CC(C)(C)OC(=O)NCc1ncn2ccccc12. The summed E-state index contributed by atoms with van der Waals surface area (Å²) in [4.78, 5) is 15.8. The second-order valence-electron chi connectivity index (χ2n) is 5.04. The van der Waals surface area contributed by atoms with Gasteiger partial charge in [-0.15, -0.1) is 0 Å². The number of alkyl carbamates (subject to hydrolysis) is 1. The number of nitrogens with one attached hydrogen (secondary N) is 1. The van der Waals surface area contributed by atoms with Crippen LogP contribution in [0.4, 0.5) is 4.79 Å². The summed E-state index contributed by atoms with van der Waals surface area (Å²) in [6.45, 7) is 5.85. The van der Waals surface area contributed by atoms with E-state index in [2.05, 4.69) is 10.3 Å². The van der Waals surface area contributed by atoms with Crippen molar-refractivity contribution in [1.82, 2.24) is 14.7 Å². The van der Waals surface area contributed by atoms with E-state index >= 15 is 0 Å².